The third-order valence-electron chi connectivity index (χ3n) is 4.56. The third-order valence-corrected chi connectivity index (χ3v) is 4.56. The highest BCUT2D eigenvalue weighted by Crippen LogP contribution is 2.22. The van der Waals surface area contributed by atoms with Gasteiger partial charge in [-0.25, -0.2) is 0 Å². The van der Waals surface area contributed by atoms with Gasteiger partial charge in [-0.1, -0.05) is 17.8 Å². The Balaban J connectivity index is 1.69. The molecule has 0 unspecified atom stereocenters. The van der Waals surface area contributed by atoms with Gasteiger partial charge in [-0.3, -0.25) is 0 Å². The molecule has 27 heavy (non-hydrogen) atoms. The number of aromatic nitrogens is 1. The molecule has 0 bridgehead atoms. The lowest BCUT2D eigenvalue weighted by molar-refractivity contribution is 0.221. The highest BCUT2D eigenvalue weighted by atomic mass is 16.3. The molecular weight excluding hydrogens is 332 g/mol. The largest absolute Gasteiger partial charge is 0.395 e. The number of fused-ring (bicyclic) bond motifs is 1. The molecule has 0 spiro atoms. The van der Waals surface area contributed by atoms with Gasteiger partial charge in [0.05, 0.1) is 12.1 Å². The van der Waals surface area contributed by atoms with Crippen LogP contribution in [0.15, 0.2) is 54.7 Å². The van der Waals surface area contributed by atoms with Crippen LogP contribution in [0.3, 0.4) is 0 Å². The Morgan fingerprint density at radius 2 is 1.81 bits per heavy atom. The zero-order valence-electron chi connectivity index (χ0n) is 15.7. The van der Waals surface area contributed by atoms with Crippen molar-refractivity contribution in [1.29, 1.82) is 0 Å². The van der Waals surface area contributed by atoms with Crippen LogP contribution in [-0.4, -0.2) is 41.3 Å². The Labute approximate surface area is 161 Å². The molecular formula is C24H24N2O. The Hall–Kier alpha value is -2.98. The van der Waals surface area contributed by atoms with Crippen LogP contribution in [0.1, 0.15) is 24.0 Å². The molecule has 1 N–H and O–H groups in total. The summed E-state index contributed by atoms with van der Waals surface area (Å²) in [6.45, 7) is 1.87. The second-order valence-corrected chi connectivity index (χ2v) is 6.58. The average molecular weight is 356 g/mol. The summed E-state index contributed by atoms with van der Waals surface area (Å²) >= 11 is 0. The van der Waals surface area contributed by atoms with Crippen LogP contribution >= 0.6 is 0 Å². The SMILES string of the molecule is C#Cc1ccc(-n2ccc3cc(C#CCCCN(C)CCO)ccc32)cc1. The number of nitrogens with zero attached hydrogens (tertiary/aromatic N) is 2. The summed E-state index contributed by atoms with van der Waals surface area (Å²) < 4.78 is 2.16. The maximum absolute atomic E-state index is 8.89. The van der Waals surface area contributed by atoms with E-state index >= 15 is 0 Å². The van der Waals surface area contributed by atoms with E-state index in [1.807, 2.05) is 31.3 Å². The number of aliphatic hydroxyl groups excluding tert-OH is 1. The molecule has 3 heteroatoms. The van der Waals surface area contributed by atoms with E-state index in [-0.39, 0.29) is 6.61 Å². The predicted octanol–water partition coefficient (Wildman–Crippen LogP) is 3.67. The lowest BCUT2D eigenvalue weighted by Gasteiger charge is -2.13. The lowest BCUT2D eigenvalue weighted by Crippen LogP contribution is -2.22. The summed E-state index contributed by atoms with van der Waals surface area (Å²) in [7, 11) is 2.02. The van der Waals surface area contributed by atoms with Gasteiger partial charge in [0.25, 0.3) is 0 Å². The fraction of sp³-hybridized carbons (Fsp3) is 0.250. The van der Waals surface area contributed by atoms with Crippen molar-refractivity contribution in [1.82, 2.24) is 9.47 Å². The number of rotatable bonds is 6. The van der Waals surface area contributed by atoms with Crippen LogP contribution in [0.2, 0.25) is 0 Å². The molecule has 3 rings (SSSR count). The molecule has 0 amide bonds. The molecule has 136 valence electrons. The number of aliphatic hydroxyl groups is 1. The fourth-order valence-electron chi connectivity index (χ4n) is 3.05. The lowest BCUT2D eigenvalue weighted by atomic mass is 10.1. The second-order valence-electron chi connectivity index (χ2n) is 6.58. The van der Waals surface area contributed by atoms with Gasteiger partial charge in [-0.05, 0) is 68.5 Å². The van der Waals surface area contributed by atoms with Crippen LogP contribution < -0.4 is 0 Å². The van der Waals surface area contributed by atoms with Crippen LogP contribution in [0.25, 0.3) is 16.6 Å². The summed E-state index contributed by atoms with van der Waals surface area (Å²) in [5, 5.41) is 10.1. The monoisotopic (exact) mass is 356 g/mol. The number of benzene rings is 2. The van der Waals surface area contributed by atoms with Gasteiger partial charge in [-0.2, -0.15) is 0 Å². The Morgan fingerprint density at radius 3 is 2.56 bits per heavy atom. The van der Waals surface area contributed by atoms with Gasteiger partial charge in [0.15, 0.2) is 0 Å². The molecule has 1 aromatic heterocycles. The molecule has 0 saturated heterocycles. The van der Waals surface area contributed by atoms with E-state index in [0.29, 0.717) is 6.54 Å². The average Bonchev–Trinajstić information content (AvgIpc) is 3.11. The minimum absolute atomic E-state index is 0.204. The van der Waals surface area contributed by atoms with Crippen LogP contribution in [0, 0.1) is 24.2 Å². The number of terminal acetylenes is 1. The molecule has 0 atom stereocenters. The van der Waals surface area contributed by atoms with E-state index in [0.717, 1.165) is 41.7 Å². The molecule has 3 nitrogen and oxygen atoms in total. The molecule has 1 heterocycles. The number of unbranched alkanes of at least 4 members (excludes halogenated alkanes) is 1. The van der Waals surface area contributed by atoms with Crippen molar-refractivity contribution in [2.24, 2.45) is 0 Å². The summed E-state index contributed by atoms with van der Waals surface area (Å²) in [5.41, 5.74) is 4.16. The van der Waals surface area contributed by atoms with E-state index in [1.54, 1.807) is 0 Å². The van der Waals surface area contributed by atoms with Crippen LogP contribution in [0.5, 0.6) is 0 Å². The van der Waals surface area contributed by atoms with Crippen molar-refractivity contribution in [3.05, 3.63) is 65.9 Å². The topological polar surface area (TPSA) is 28.4 Å². The molecule has 3 aromatic rings. The maximum Gasteiger partial charge on any atom is 0.0558 e. The quantitative estimate of drug-likeness (QED) is 0.539. The van der Waals surface area contributed by atoms with Crippen LogP contribution in [-0.2, 0) is 0 Å². The van der Waals surface area contributed by atoms with Gasteiger partial charge < -0.3 is 14.6 Å². The molecule has 0 fully saturated rings. The predicted molar refractivity (Wildman–Crippen MR) is 112 cm³/mol. The minimum atomic E-state index is 0.204. The van der Waals surface area contributed by atoms with Crippen molar-refractivity contribution in [3.8, 4) is 29.9 Å². The molecule has 0 aliphatic heterocycles. The first-order valence-corrected chi connectivity index (χ1v) is 9.17. The van der Waals surface area contributed by atoms with Gasteiger partial charge >= 0.3 is 0 Å². The van der Waals surface area contributed by atoms with Crippen molar-refractivity contribution in [2.45, 2.75) is 12.8 Å². The van der Waals surface area contributed by atoms with Crippen LogP contribution in [0.4, 0.5) is 0 Å². The van der Waals surface area contributed by atoms with E-state index in [4.69, 9.17) is 11.5 Å². The van der Waals surface area contributed by atoms with Crippen molar-refractivity contribution in [3.63, 3.8) is 0 Å². The van der Waals surface area contributed by atoms with E-state index in [9.17, 15) is 0 Å². The molecule has 2 aromatic carbocycles. The number of hydrogen-bond donors (Lipinski definition) is 1. The first-order valence-electron chi connectivity index (χ1n) is 9.17. The minimum Gasteiger partial charge on any atom is -0.395 e. The standard InChI is InChI=1S/C24H24N2O/c1-3-20-8-11-23(12-9-20)26-16-14-22-19-21(10-13-24(22)26)7-5-4-6-15-25(2)17-18-27/h1,8-14,16,19,27H,4,6,15,17-18H2,2H3. The summed E-state index contributed by atoms with van der Waals surface area (Å²) in [4.78, 5) is 2.12. The van der Waals surface area contributed by atoms with Crippen molar-refractivity contribution >= 4 is 10.9 Å². The summed E-state index contributed by atoms with van der Waals surface area (Å²) in [6, 6.07) is 16.4. The Kier molecular flexibility index (Phi) is 6.34. The van der Waals surface area contributed by atoms with Gasteiger partial charge in [0.1, 0.15) is 0 Å². The first-order chi connectivity index (χ1) is 13.2. The summed E-state index contributed by atoms with van der Waals surface area (Å²) in [6.07, 6.45) is 9.37. The van der Waals surface area contributed by atoms with E-state index < -0.39 is 0 Å². The van der Waals surface area contributed by atoms with Crippen molar-refractivity contribution < 1.29 is 5.11 Å². The smallest absolute Gasteiger partial charge is 0.0558 e. The van der Waals surface area contributed by atoms with Gasteiger partial charge in [0.2, 0.25) is 0 Å². The Bertz CT molecular complexity index is 997. The normalized spacial score (nSPS) is 10.6. The van der Waals surface area contributed by atoms with Gasteiger partial charge in [0, 0.05) is 41.4 Å². The zero-order valence-corrected chi connectivity index (χ0v) is 15.7. The highest BCUT2D eigenvalue weighted by molar-refractivity contribution is 5.83. The van der Waals surface area contributed by atoms with E-state index in [1.165, 1.54) is 5.39 Å². The Morgan fingerprint density at radius 1 is 1.04 bits per heavy atom. The molecule has 0 aliphatic rings. The highest BCUT2D eigenvalue weighted by Gasteiger charge is 2.04. The molecule has 0 radical (unpaired) electrons. The maximum atomic E-state index is 8.89. The number of hydrogen-bond acceptors (Lipinski definition) is 2. The zero-order chi connectivity index (χ0) is 19.1. The second kappa shape index (κ2) is 9.10. The van der Waals surface area contributed by atoms with Gasteiger partial charge in [-0.15, -0.1) is 6.42 Å². The molecule has 0 aliphatic carbocycles. The summed E-state index contributed by atoms with van der Waals surface area (Å²) in [5.74, 6) is 9.15. The fourth-order valence-corrected chi connectivity index (χ4v) is 3.05. The first kappa shape index (κ1) is 18.8. The van der Waals surface area contributed by atoms with E-state index in [2.05, 4.69) is 57.7 Å². The third kappa shape index (κ3) is 4.80. The van der Waals surface area contributed by atoms with Crippen molar-refractivity contribution in [2.75, 3.05) is 26.7 Å². The molecule has 0 saturated carbocycles. The number of likely N-dealkylation sites (N-methyl/N-ethyl adjacent to an activating group) is 1.